The van der Waals surface area contributed by atoms with Gasteiger partial charge in [0.1, 0.15) is 0 Å². The van der Waals surface area contributed by atoms with Crippen molar-refractivity contribution in [3.8, 4) is 6.07 Å². The summed E-state index contributed by atoms with van der Waals surface area (Å²) in [4.78, 5) is 0. The van der Waals surface area contributed by atoms with Crippen molar-refractivity contribution in [2.24, 2.45) is 16.6 Å². The van der Waals surface area contributed by atoms with Gasteiger partial charge in [-0.1, -0.05) is 26.0 Å². The molecule has 0 fully saturated rings. The summed E-state index contributed by atoms with van der Waals surface area (Å²) in [6.45, 7) is 4.42. The fourth-order valence-electron chi connectivity index (χ4n) is 2.86. The molecule has 2 aliphatic carbocycles. The number of fused-ring (bicyclic) bond motifs is 1. The van der Waals surface area contributed by atoms with E-state index < -0.39 is 0 Å². The maximum atomic E-state index is 9.14. The number of nitriles is 1. The first-order valence-electron chi connectivity index (χ1n) is 5.08. The van der Waals surface area contributed by atoms with Crippen LogP contribution in [0, 0.1) is 22.2 Å². The Morgan fingerprint density at radius 3 is 2.64 bits per heavy atom. The second-order valence-electron chi connectivity index (χ2n) is 4.96. The van der Waals surface area contributed by atoms with Crippen molar-refractivity contribution in [1.29, 1.82) is 5.26 Å². The van der Waals surface area contributed by atoms with Gasteiger partial charge < -0.3 is 5.73 Å². The molecule has 2 atom stereocenters. The van der Waals surface area contributed by atoms with Crippen molar-refractivity contribution in [2.75, 3.05) is 0 Å². The lowest BCUT2D eigenvalue weighted by atomic mass is 9.59. The van der Waals surface area contributed by atoms with Gasteiger partial charge in [0.2, 0.25) is 0 Å². The van der Waals surface area contributed by atoms with E-state index in [0.29, 0.717) is 0 Å². The number of rotatable bonds is 0. The zero-order valence-corrected chi connectivity index (χ0v) is 8.80. The van der Waals surface area contributed by atoms with Crippen LogP contribution in [0.5, 0.6) is 0 Å². The molecular formula is C12H16N2. The first kappa shape index (κ1) is 9.33. The Labute approximate surface area is 85.1 Å². The molecule has 2 rings (SSSR count). The minimum absolute atomic E-state index is 0.0272. The Kier molecular flexibility index (Phi) is 1.75. The van der Waals surface area contributed by atoms with Gasteiger partial charge in [-0.2, -0.15) is 5.26 Å². The van der Waals surface area contributed by atoms with Crippen LogP contribution in [0.3, 0.4) is 0 Å². The molecule has 0 saturated carbocycles. The third kappa shape index (κ3) is 0.901. The van der Waals surface area contributed by atoms with Gasteiger partial charge in [-0.25, -0.2) is 0 Å². The summed E-state index contributed by atoms with van der Waals surface area (Å²) in [7, 11) is 0. The van der Waals surface area contributed by atoms with Gasteiger partial charge in [0.25, 0.3) is 0 Å². The van der Waals surface area contributed by atoms with Crippen molar-refractivity contribution >= 4 is 0 Å². The van der Waals surface area contributed by atoms with Crippen molar-refractivity contribution in [2.45, 2.75) is 33.1 Å². The average molecular weight is 188 g/mol. The van der Waals surface area contributed by atoms with Crippen LogP contribution in [0.25, 0.3) is 0 Å². The Hall–Kier alpha value is -1.23. The largest absolute Gasteiger partial charge is 0.401 e. The molecule has 2 heteroatoms. The normalized spacial score (nSPS) is 40.9. The highest BCUT2D eigenvalue weighted by molar-refractivity contribution is 5.42. The van der Waals surface area contributed by atoms with E-state index in [2.05, 4.69) is 32.1 Å². The topological polar surface area (TPSA) is 49.8 Å². The van der Waals surface area contributed by atoms with Gasteiger partial charge in [0, 0.05) is 11.1 Å². The molecule has 74 valence electrons. The quantitative estimate of drug-likeness (QED) is 0.594. The van der Waals surface area contributed by atoms with Gasteiger partial charge in [-0.05, 0) is 24.7 Å². The Balaban J connectivity index is 2.53. The second kappa shape index (κ2) is 2.63. The van der Waals surface area contributed by atoms with Crippen molar-refractivity contribution in [1.82, 2.24) is 0 Å². The van der Waals surface area contributed by atoms with Crippen LogP contribution in [0.4, 0.5) is 0 Å². The summed E-state index contributed by atoms with van der Waals surface area (Å²) in [5, 5.41) is 9.14. The van der Waals surface area contributed by atoms with Gasteiger partial charge in [0.05, 0.1) is 11.6 Å². The fourth-order valence-corrected chi connectivity index (χ4v) is 2.86. The van der Waals surface area contributed by atoms with E-state index in [4.69, 9.17) is 11.0 Å². The van der Waals surface area contributed by atoms with Crippen LogP contribution in [-0.4, -0.2) is 0 Å². The van der Waals surface area contributed by atoms with Gasteiger partial charge in [-0.15, -0.1) is 0 Å². The summed E-state index contributed by atoms with van der Waals surface area (Å²) < 4.78 is 0. The van der Waals surface area contributed by atoms with Crippen LogP contribution in [-0.2, 0) is 0 Å². The molecule has 0 aromatic rings. The molecule has 0 spiro atoms. The summed E-state index contributed by atoms with van der Waals surface area (Å²) in [6, 6.07) is 2.30. The molecule has 0 bridgehead atoms. The van der Waals surface area contributed by atoms with Crippen molar-refractivity contribution < 1.29 is 0 Å². The Bertz CT molecular complexity index is 372. The summed E-state index contributed by atoms with van der Waals surface area (Å²) in [5.74, 6) is 0. The summed E-state index contributed by atoms with van der Waals surface area (Å²) in [5.41, 5.74) is 7.72. The van der Waals surface area contributed by atoms with E-state index >= 15 is 0 Å². The number of nitrogens with zero attached hydrogens (tertiary/aromatic N) is 1. The molecule has 0 aromatic carbocycles. The highest BCUT2D eigenvalue weighted by Crippen LogP contribution is 2.60. The number of nitrogens with two attached hydrogens (primary N) is 1. The Morgan fingerprint density at radius 1 is 1.36 bits per heavy atom. The molecule has 2 aliphatic rings. The zero-order valence-electron chi connectivity index (χ0n) is 8.80. The lowest BCUT2D eigenvalue weighted by Crippen LogP contribution is -2.36. The average Bonchev–Trinajstić information content (AvgIpc) is 2.31. The van der Waals surface area contributed by atoms with Crippen LogP contribution in [0.1, 0.15) is 33.1 Å². The smallest absolute Gasteiger partial charge is 0.0971 e. The van der Waals surface area contributed by atoms with Crippen molar-refractivity contribution in [3.05, 3.63) is 23.4 Å². The highest BCUT2D eigenvalue weighted by Gasteiger charge is 2.52. The maximum Gasteiger partial charge on any atom is 0.0971 e. The highest BCUT2D eigenvalue weighted by atomic mass is 14.7. The fraction of sp³-hybridized carbons (Fsp3) is 0.583. The second-order valence-corrected chi connectivity index (χ2v) is 4.96. The minimum Gasteiger partial charge on any atom is -0.401 e. The molecule has 2 N–H and O–H groups in total. The third-order valence-corrected chi connectivity index (χ3v) is 4.16. The molecule has 0 amide bonds. The van der Waals surface area contributed by atoms with Crippen LogP contribution in [0.2, 0.25) is 0 Å². The van der Waals surface area contributed by atoms with E-state index in [1.54, 1.807) is 0 Å². The Morgan fingerprint density at radius 2 is 2.00 bits per heavy atom. The first-order chi connectivity index (χ1) is 6.53. The third-order valence-electron chi connectivity index (χ3n) is 4.16. The van der Waals surface area contributed by atoms with E-state index in [1.807, 2.05) is 0 Å². The SMILES string of the molecule is C[C@@]12CC=CC[C@]1(C)C(C#N)=C(N)C2. The van der Waals surface area contributed by atoms with Gasteiger partial charge in [0.15, 0.2) is 0 Å². The van der Waals surface area contributed by atoms with E-state index in [1.165, 1.54) is 0 Å². The number of hydrogen-bond donors (Lipinski definition) is 1. The summed E-state index contributed by atoms with van der Waals surface area (Å²) >= 11 is 0. The van der Waals surface area contributed by atoms with Gasteiger partial charge in [-0.3, -0.25) is 0 Å². The number of hydrogen-bond acceptors (Lipinski definition) is 2. The molecule has 14 heavy (non-hydrogen) atoms. The molecule has 0 saturated heterocycles. The van der Waals surface area contributed by atoms with Crippen molar-refractivity contribution in [3.63, 3.8) is 0 Å². The molecule has 0 heterocycles. The van der Waals surface area contributed by atoms with Crippen LogP contribution < -0.4 is 5.73 Å². The molecular weight excluding hydrogens is 172 g/mol. The summed E-state index contributed by atoms with van der Waals surface area (Å²) in [6.07, 6.45) is 7.26. The maximum absolute atomic E-state index is 9.14. The molecule has 0 aliphatic heterocycles. The van der Waals surface area contributed by atoms with E-state index in [-0.39, 0.29) is 10.8 Å². The predicted octanol–water partition coefficient (Wildman–Crippen LogP) is 2.49. The van der Waals surface area contributed by atoms with E-state index in [0.717, 1.165) is 30.5 Å². The lowest BCUT2D eigenvalue weighted by Gasteiger charge is -2.43. The number of allylic oxidation sites excluding steroid dienone is 4. The first-order valence-corrected chi connectivity index (χ1v) is 5.08. The zero-order chi connectivity index (χ0) is 10.4. The van der Waals surface area contributed by atoms with E-state index in [9.17, 15) is 0 Å². The molecule has 0 radical (unpaired) electrons. The van der Waals surface area contributed by atoms with Gasteiger partial charge >= 0.3 is 0 Å². The minimum atomic E-state index is -0.0272. The molecule has 0 aromatic heterocycles. The standard InChI is InChI=1S/C12H16N2/c1-11-5-3-4-6-12(11,2)9(8-13)10(14)7-11/h3-4H,5-7,14H2,1-2H3/t11-,12+/m0/s1. The monoisotopic (exact) mass is 188 g/mol. The molecule has 0 unspecified atom stereocenters. The van der Waals surface area contributed by atoms with Crippen LogP contribution >= 0.6 is 0 Å². The lowest BCUT2D eigenvalue weighted by molar-refractivity contribution is 0.130. The predicted molar refractivity (Wildman–Crippen MR) is 56.0 cm³/mol. The molecule has 2 nitrogen and oxygen atoms in total. The van der Waals surface area contributed by atoms with Crippen LogP contribution in [0.15, 0.2) is 23.4 Å².